The number of para-hydroxylation sites is 1. The second-order valence-electron chi connectivity index (χ2n) is 5.31. The first-order valence-corrected chi connectivity index (χ1v) is 7.87. The van der Waals surface area contributed by atoms with Crippen LogP contribution >= 0.6 is 0 Å². The van der Waals surface area contributed by atoms with Crippen molar-refractivity contribution in [3.63, 3.8) is 0 Å². The molecule has 1 aromatic carbocycles. The van der Waals surface area contributed by atoms with Gasteiger partial charge in [-0.25, -0.2) is 8.42 Å². The summed E-state index contributed by atoms with van der Waals surface area (Å²) in [5.74, 6) is 1.12. The van der Waals surface area contributed by atoms with Crippen molar-refractivity contribution in [1.29, 1.82) is 0 Å². The van der Waals surface area contributed by atoms with Gasteiger partial charge in [0.05, 0.1) is 5.69 Å². The van der Waals surface area contributed by atoms with Crippen LogP contribution in [-0.4, -0.2) is 25.8 Å². The molecular weight excluding hydrogens is 248 g/mol. The number of nitrogen functional groups attached to an aromatic ring is 1. The molecule has 2 unspecified atom stereocenters. The van der Waals surface area contributed by atoms with Gasteiger partial charge in [-0.15, -0.1) is 0 Å². The van der Waals surface area contributed by atoms with Crippen molar-refractivity contribution in [3.05, 3.63) is 24.3 Å². The predicted molar refractivity (Wildman–Crippen MR) is 70.4 cm³/mol. The maximum atomic E-state index is 12.5. The van der Waals surface area contributed by atoms with Crippen LogP contribution in [0.4, 0.5) is 5.69 Å². The van der Waals surface area contributed by atoms with Crippen LogP contribution in [0, 0.1) is 11.8 Å². The summed E-state index contributed by atoms with van der Waals surface area (Å²) in [4.78, 5) is 0.255. The zero-order valence-corrected chi connectivity index (χ0v) is 11.1. The summed E-state index contributed by atoms with van der Waals surface area (Å²) in [5.41, 5.74) is 6.13. The molecule has 0 radical (unpaired) electrons. The topological polar surface area (TPSA) is 63.4 Å². The third kappa shape index (κ3) is 1.82. The number of sulfonamides is 1. The Bertz CT molecular complexity index is 544. The minimum absolute atomic E-state index is 0.255. The molecule has 2 atom stereocenters. The molecule has 18 heavy (non-hydrogen) atoms. The molecule has 2 N–H and O–H groups in total. The van der Waals surface area contributed by atoms with Crippen molar-refractivity contribution in [1.82, 2.24) is 4.31 Å². The molecule has 1 aromatic rings. The molecule has 98 valence electrons. The fraction of sp³-hybridized carbons (Fsp3) is 0.538. The smallest absolute Gasteiger partial charge is 0.245 e. The Morgan fingerprint density at radius 1 is 1.11 bits per heavy atom. The van der Waals surface area contributed by atoms with E-state index in [9.17, 15) is 8.42 Å². The van der Waals surface area contributed by atoms with Crippen LogP contribution in [0.25, 0.3) is 0 Å². The van der Waals surface area contributed by atoms with Gasteiger partial charge in [-0.3, -0.25) is 0 Å². The first-order valence-electron chi connectivity index (χ1n) is 6.43. The Hall–Kier alpha value is -1.07. The van der Waals surface area contributed by atoms with Crippen LogP contribution in [0.2, 0.25) is 0 Å². The summed E-state index contributed by atoms with van der Waals surface area (Å²) in [6.45, 7) is 1.34. The first-order chi connectivity index (χ1) is 8.59. The van der Waals surface area contributed by atoms with Crippen molar-refractivity contribution < 1.29 is 8.42 Å². The number of hydrogen-bond acceptors (Lipinski definition) is 3. The highest BCUT2D eigenvalue weighted by molar-refractivity contribution is 7.89. The Labute approximate surface area is 108 Å². The fourth-order valence-corrected chi connectivity index (χ4v) is 4.91. The highest BCUT2D eigenvalue weighted by atomic mass is 32.2. The van der Waals surface area contributed by atoms with Gasteiger partial charge in [0.2, 0.25) is 10.0 Å². The minimum atomic E-state index is -3.40. The predicted octanol–water partition coefficient (Wildman–Crippen LogP) is 1.69. The average molecular weight is 266 g/mol. The fourth-order valence-electron chi connectivity index (χ4n) is 3.24. The molecule has 1 aliphatic heterocycles. The molecule has 1 aliphatic carbocycles. The number of nitrogens with two attached hydrogens (primary N) is 1. The van der Waals surface area contributed by atoms with Crippen LogP contribution in [0.1, 0.15) is 19.3 Å². The summed E-state index contributed by atoms with van der Waals surface area (Å²) >= 11 is 0. The number of nitrogens with zero attached hydrogens (tertiary/aromatic N) is 1. The Morgan fingerprint density at radius 3 is 2.33 bits per heavy atom. The lowest BCUT2D eigenvalue weighted by atomic mass is 10.0. The molecule has 1 saturated heterocycles. The van der Waals surface area contributed by atoms with E-state index in [1.54, 1.807) is 28.6 Å². The highest BCUT2D eigenvalue weighted by Gasteiger charge is 2.41. The number of fused-ring (bicyclic) bond motifs is 1. The van der Waals surface area contributed by atoms with Gasteiger partial charge in [0, 0.05) is 13.1 Å². The van der Waals surface area contributed by atoms with E-state index in [0.29, 0.717) is 30.6 Å². The van der Waals surface area contributed by atoms with E-state index in [4.69, 9.17) is 5.73 Å². The highest BCUT2D eigenvalue weighted by Crippen LogP contribution is 2.40. The van der Waals surface area contributed by atoms with E-state index >= 15 is 0 Å². The van der Waals surface area contributed by atoms with E-state index in [1.165, 1.54) is 19.3 Å². The molecule has 0 bridgehead atoms. The van der Waals surface area contributed by atoms with E-state index in [0.717, 1.165) is 0 Å². The number of hydrogen-bond donors (Lipinski definition) is 1. The molecule has 1 saturated carbocycles. The Morgan fingerprint density at radius 2 is 1.72 bits per heavy atom. The van der Waals surface area contributed by atoms with Gasteiger partial charge in [0.25, 0.3) is 0 Å². The lowest BCUT2D eigenvalue weighted by Crippen LogP contribution is -2.30. The van der Waals surface area contributed by atoms with E-state index < -0.39 is 10.0 Å². The van der Waals surface area contributed by atoms with Gasteiger partial charge in [0.15, 0.2) is 0 Å². The molecule has 5 heteroatoms. The summed E-state index contributed by atoms with van der Waals surface area (Å²) in [6.07, 6.45) is 3.58. The van der Waals surface area contributed by atoms with Crippen LogP contribution in [-0.2, 0) is 10.0 Å². The quantitative estimate of drug-likeness (QED) is 0.829. The molecule has 4 nitrogen and oxygen atoms in total. The molecule has 0 amide bonds. The van der Waals surface area contributed by atoms with Crippen molar-refractivity contribution in [2.75, 3.05) is 18.8 Å². The standard InChI is InChI=1S/C13H18N2O2S/c14-12-6-1-2-7-13(12)18(16,17)15-8-10-4-3-5-11(10)9-15/h1-2,6-7,10-11H,3-5,8-9,14H2. The van der Waals surface area contributed by atoms with Crippen molar-refractivity contribution >= 4 is 15.7 Å². The summed E-state index contributed by atoms with van der Waals surface area (Å²) in [7, 11) is -3.40. The Kier molecular flexibility index (Phi) is 2.83. The van der Waals surface area contributed by atoms with Gasteiger partial charge in [-0.2, -0.15) is 4.31 Å². The van der Waals surface area contributed by atoms with E-state index in [2.05, 4.69) is 0 Å². The number of rotatable bonds is 2. The summed E-state index contributed by atoms with van der Waals surface area (Å²) < 4.78 is 26.7. The summed E-state index contributed by atoms with van der Waals surface area (Å²) in [6, 6.07) is 6.72. The monoisotopic (exact) mass is 266 g/mol. The maximum absolute atomic E-state index is 12.5. The van der Waals surface area contributed by atoms with Gasteiger partial charge < -0.3 is 5.73 Å². The normalized spacial score (nSPS) is 28.4. The zero-order valence-electron chi connectivity index (χ0n) is 10.2. The van der Waals surface area contributed by atoms with Gasteiger partial charge in [0.1, 0.15) is 4.90 Å². The largest absolute Gasteiger partial charge is 0.398 e. The van der Waals surface area contributed by atoms with E-state index in [-0.39, 0.29) is 4.90 Å². The SMILES string of the molecule is Nc1ccccc1S(=O)(=O)N1CC2CCCC2C1. The molecular formula is C13H18N2O2S. The number of benzene rings is 1. The van der Waals surface area contributed by atoms with Gasteiger partial charge in [-0.05, 0) is 36.8 Å². The maximum Gasteiger partial charge on any atom is 0.245 e. The van der Waals surface area contributed by atoms with E-state index in [1.807, 2.05) is 0 Å². The van der Waals surface area contributed by atoms with Crippen LogP contribution in [0.3, 0.4) is 0 Å². The van der Waals surface area contributed by atoms with Crippen LogP contribution in [0.5, 0.6) is 0 Å². The van der Waals surface area contributed by atoms with Gasteiger partial charge in [-0.1, -0.05) is 18.6 Å². The molecule has 2 aliphatic rings. The zero-order chi connectivity index (χ0) is 12.8. The van der Waals surface area contributed by atoms with Crippen molar-refractivity contribution in [2.24, 2.45) is 11.8 Å². The lowest BCUT2D eigenvalue weighted by molar-refractivity contribution is 0.446. The number of anilines is 1. The average Bonchev–Trinajstić information content (AvgIpc) is 2.89. The second-order valence-corrected chi connectivity index (χ2v) is 7.22. The molecule has 1 heterocycles. The second kappa shape index (κ2) is 4.24. The van der Waals surface area contributed by atoms with Crippen molar-refractivity contribution in [2.45, 2.75) is 24.2 Å². The minimum Gasteiger partial charge on any atom is -0.398 e. The molecule has 0 spiro atoms. The molecule has 2 fully saturated rings. The van der Waals surface area contributed by atoms with Crippen LogP contribution in [0.15, 0.2) is 29.2 Å². The van der Waals surface area contributed by atoms with Crippen LogP contribution < -0.4 is 5.73 Å². The molecule has 0 aromatic heterocycles. The Balaban J connectivity index is 1.90. The van der Waals surface area contributed by atoms with Gasteiger partial charge >= 0.3 is 0 Å². The van der Waals surface area contributed by atoms with Crippen molar-refractivity contribution in [3.8, 4) is 0 Å². The first kappa shape index (κ1) is 12.0. The summed E-state index contributed by atoms with van der Waals surface area (Å²) in [5, 5.41) is 0. The third-order valence-corrected chi connectivity index (χ3v) is 6.14. The third-order valence-electron chi connectivity index (χ3n) is 4.23. The molecule has 3 rings (SSSR count). The lowest BCUT2D eigenvalue weighted by Gasteiger charge is -2.18.